The van der Waals surface area contributed by atoms with Crippen LogP contribution in [0.1, 0.15) is 46.0 Å². The van der Waals surface area contributed by atoms with Gasteiger partial charge in [0.05, 0.1) is 12.7 Å². The highest BCUT2D eigenvalue weighted by molar-refractivity contribution is 5.84. The van der Waals surface area contributed by atoms with Crippen LogP contribution in [0.25, 0.3) is 0 Å². The van der Waals surface area contributed by atoms with Gasteiger partial charge >= 0.3 is 0 Å². The molecule has 0 aromatic rings. The van der Waals surface area contributed by atoms with Gasteiger partial charge in [0.2, 0.25) is 5.91 Å². The fourth-order valence-electron chi connectivity index (χ4n) is 2.76. The Labute approximate surface area is 92.2 Å². The monoisotopic (exact) mass is 210 g/mol. The molecule has 1 amide bonds. The van der Waals surface area contributed by atoms with E-state index in [0.717, 1.165) is 6.67 Å². The van der Waals surface area contributed by atoms with Crippen molar-refractivity contribution in [3.05, 3.63) is 0 Å². The Morgan fingerprint density at radius 3 is 2.47 bits per heavy atom. The lowest BCUT2D eigenvalue weighted by Crippen LogP contribution is -2.40. The van der Waals surface area contributed by atoms with E-state index < -0.39 is 0 Å². The van der Waals surface area contributed by atoms with Crippen LogP contribution in [0.4, 0.5) is 0 Å². The third kappa shape index (κ3) is 2.17. The second kappa shape index (κ2) is 4.52. The van der Waals surface area contributed by atoms with E-state index in [1.54, 1.807) is 0 Å². The lowest BCUT2D eigenvalue weighted by Gasteiger charge is -2.30. The van der Waals surface area contributed by atoms with Crippen LogP contribution in [-0.2, 0) is 4.79 Å². The van der Waals surface area contributed by atoms with Crippen molar-refractivity contribution in [3.8, 4) is 0 Å². The molecular weight excluding hydrogens is 188 g/mol. The van der Waals surface area contributed by atoms with Crippen molar-refractivity contribution in [2.24, 2.45) is 5.92 Å². The van der Waals surface area contributed by atoms with Crippen LogP contribution in [-0.4, -0.2) is 29.6 Å². The summed E-state index contributed by atoms with van der Waals surface area (Å²) < 4.78 is 0. The van der Waals surface area contributed by atoms with Gasteiger partial charge in [-0.1, -0.05) is 33.1 Å². The molecule has 3 nitrogen and oxygen atoms in total. The van der Waals surface area contributed by atoms with Crippen molar-refractivity contribution in [2.75, 3.05) is 6.67 Å². The van der Waals surface area contributed by atoms with Gasteiger partial charge in [-0.15, -0.1) is 0 Å². The maximum Gasteiger partial charge on any atom is 0.241 e. The fourth-order valence-corrected chi connectivity index (χ4v) is 2.76. The Balaban J connectivity index is 1.96. The van der Waals surface area contributed by atoms with Crippen LogP contribution >= 0.6 is 0 Å². The molecule has 0 aromatic carbocycles. The molecule has 1 saturated heterocycles. The number of nitrogens with zero attached hydrogens (tertiary/aromatic N) is 1. The van der Waals surface area contributed by atoms with Gasteiger partial charge in [0.15, 0.2) is 0 Å². The van der Waals surface area contributed by atoms with Gasteiger partial charge in [-0.05, 0) is 18.8 Å². The Bertz CT molecular complexity index is 234. The van der Waals surface area contributed by atoms with E-state index in [2.05, 4.69) is 24.1 Å². The molecule has 86 valence electrons. The lowest BCUT2D eigenvalue weighted by molar-refractivity contribution is -0.132. The normalized spacial score (nSPS) is 29.1. The predicted octanol–water partition coefficient (Wildman–Crippen LogP) is 1.73. The van der Waals surface area contributed by atoms with E-state index in [-0.39, 0.29) is 6.04 Å². The van der Waals surface area contributed by atoms with E-state index in [1.807, 2.05) is 0 Å². The molecule has 2 fully saturated rings. The summed E-state index contributed by atoms with van der Waals surface area (Å²) in [6.45, 7) is 4.99. The second-order valence-corrected chi connectivity index (χ2v) is 5.18. The summed E-state index contributed by atoms with van der Waals surface area (Å²) >= 11 is 0. The van der Waals surface area contributed by atoms with Crippen LogP contribution in [0.5, 0.6) is 0 Å². The Morgan fingerprint density at radius 1 is 1.27 bits per heavy atom. The third-order valence-corrected chi connectivity index (χ3v) is 3.71. The van der Waals surface area contributed by atoms with Gasteiger partial charge in [-0.2, -0.15) is 0 Å². The summed E-state index contributed by atoms with van der Waals surface area (Å²) in [6, 6.07) is 0.578. The van der Waals surface area contributed by atoms with Crippen LogP contribution in [0.3, 0.4) is 0 Å². The zero-order chi connectivity index (χ0) is 10.8. The maximum absolute atomic E-state index is 12.1. The SMILES string of the molecule is CC(C)C1NCN(C2CCCCC2)C1=O. The molecule has 1 aliphatic heterocycles. The molecule has 0 bridgehead atoms. The molecule has 2 rings (SSSR count). The number of nitrogens with one attached hydrogen (secondary N) is 1. The molecule has 1 atom stereocenters. The number of rotatable bonds is 2. The number of carbonyl (C=O) groups excluding carboxylic acids is 1. The minimum absolute atomic E-state index is 0.0620. The predicted molar refractivity (Wildman–Crippen MR) is 60.3 cm³/mol. The van der Waals surface area contributed by atoms with E-state index >= 15 is 0 Å². The molecule has 3 heteroatoms. The molecule has 15 heavy (non-hydrogen) atoms. The van der Waals surface area contributed by atoms with E-state index in [9.17, 15) is 4.79 Å². The summed E-state index contributed by atoms with van der Waals surface area (Å²) in [5, 5.41) is 3.33. The van der Waals surface area contributed by atoms with Crippen LogP contribution in [0.2, 0.25) is 0 Å². The van der Waals surface area contributed by atoms with Gasteiger partial charge in [0.1, 0.15) is 0 Å². The van der Waals surface area contributed by atoms with Gasteiger partial charge < -0.3 is 4.90 Å². The number of amides is 1. The average Bonchev–Trinajstić information content (AvgIpc) is 2.61. The van der Waals surface area contributed by atoms with E-state index in [0.29, 0.717) is 17.9 Å². The Kier molecular flexibility index (Phi) is 3.29. The molecule has 0 radical (unpaired) electrons. The first-order valence-electron chi connectivity index (χ1n) is 6.24. The summed E-state index contributed by atoms with van der Waals surface area (Å²) in [5.41, 5.74) is 0. The summed E-state index contributed by atoms with van der Waals surface area (Å²) in [7, 11) is 0. The standard InChI is InChI=1S/C12H22N2O/c1-9(2)11-12(15)14(8-13-11)10-6-4-3-5-7-10/h9-11,13H,3-8H2,1-2H3. The number of carbonyl (C=O) groups is 1. The first kappa shape index (κ1) is 10.9. The van der Waals surface area contributed by atoms with Crippen molar-refractivity contribution in [1.29, 1.82) is 0 Å². The highest BCUT2D eigenvalue weighted by Crippen LogP contribution is 2.25. The number of hydrogen-bond donors (Lipinski definition) is 1. The van der Waals surface area contributed by atoms with Gasteiger partial charge in [-0.3, -0.25) is 10.1 Å². The zero-order valence-electron chi connectivity index (χ0n) is 9.83. The lowest BCUT2D eigenvalue weighted by atomic mass is 9.94. The molecule has 1 heterocycles. The van der Waals surface area contributed by atoms with E-state index in [1.165, 1.54) is 32.1 Å². The quantitative estimate of drug-likeness (QED) is 0.753. The minimum Gasteiger partial charge on any atom is -0.326 e. The summed E-state index contributed by atoms with van der Waals surface area (Å²) in [4.78, 5) is 14.2. The van der Waals surface area contributed by atoms with Crippen molar-refractivity contribution < 1.29 is 4.79 Å². The maximum atomic E-state index is 12.1. The Morgan fingerprint density at radius 2 is 1.93 bits per heavy atom. The first-order valence-corrected chi connectivity index (χ1v) is 6.24. The smallest absolute Gasteiger partial charge is 0.241 e. The van der Waals surface area contributed by atoms with Crippen molar-refractivity contribution >= 4 is 5.91 Å². The molecule has 0 spiro atoms. The van der Waals surface area contributed by atoms with Crippen molar-refractivity contribution in [2.45, 2.75) is 58.0 Å². The second-order valence-electron chi connectivity index (χ2n) is 5.18. The van der Waals surface area contributed by atoms with Crippen LogP contribution in [0.15, 0.2) is 0 Å². The Hall–Kier alpha value is -0.570. The van der Waals surface area contributed by atoms with Gasteiger partial charge in [-0.25, -0.2) is 0 Å². The summed E-state index contributed by atoms with van der Waals surface area (Å²) in [6.07, 6.45) is 6.34. The van der Waals surface area contributed by atoms with Crippen molar-refractivity contribution in [3.63, 3.8) is 0 Å². The molecular formula is C12H22N2O. The highest BCUT2D eigenvalue weighted by Gasteiger charge is 2.37. The fraction of sp³-hybridized carbons (Fsp3) is 0.917. The van der Waals surface area contributed by atoms with Gasteiger partial charge in [0.25, 0.3) is 0 Å². The van der Waals surface area contributed by atoms with Gasteiger partial charge in [0, 0.05) is 6.04 Å². The van der Waals surface area contributed by atoms with E-state index in [4.69, 9.17) is 0 Å². The highest BCUT2D eigenvalue weighted by atomic mass is 16.2. The molecule has 1 unspecified atom stereocenters. The first-order chi connectivity index (χ1) is 7.20. The topological polar surface area (TPSA) is 32.3 Å². The molecule has 0 aromatic heterocycles. The van der Waals surface area contributed by atoms with Crippen molar-refractivity contribution in [1.82, 2.24) is 10.2 Å². The average molecular weight is 210 g/mol. The third-order valence-electron chi connectivity index (χ3n) is 3.71. The summed E-state index contributed by atoms with van der Waals surface area (Å²) in [5.74, 6) is 0.739. The zero-order valence-corrected chi connectivity index (χ0v) is 9.83. The minimum atomic E-state index is 0.0620. The molecule has 1 saturated carbocycles. The van der Waals surface area contributed by atoms with Crippen LogP contribution in [0, 0.1) is 5.92 Å². The molecule has 2 aliphatic rings. The number of hydrogen-bond acceptors (Lipinski definition) is 2. The molecule has 1 N–H and O–H groups in total. The molecule has 1 aliphatic carbocycles. The van der Waals surface area contributed by atoms with Crippen LogP contribution < -0.4 is 5.32 Å². The largest absolute Gasteiger partial charge is 0.326 e.